The Labute approximate surface area is 134 Å². The number of carbonyl (C=O) groups is 1. The van der Waals surface area contributed by atoms with Gasteiger partial charge in [0.1, 0.15) is 11.5 Å². The number of amides is 1. The Kier molecular flexibility index (Phi) is 5.32. The molecule has 0 aromatic heterocycles. The van der Waals surface area contributed by atoms with Gasteiger partial charge in [0, 0.05) is 29.4 Å². The van der Waals surface area contributed by atoms with Crippen LogP contribution in [0.25, 0.3) is 0 Å². The summed E-state index contributed by atoms with van der Waals surface area (Å²) in [5, 5.41) is 5.75. The zero-order chi connectivity index (χ0) is 15.9. The third kappa shape index (κ3) is 4.20. The van der Waals surface area contributed by atoms with Crippen LogP contribution in [0.4, 0.5) is 5.69 Å². The fourth-order valence-corrected chi connectivity index (χ4v) is 2.02. The van der Waals surface area contributed by atoms with E-state index in [1.807, 2.05) is 6.07 Å². The molecule has 0 spiro atoms. The van der Waals surface area contributed by atoms with E-state index in [-0.39, 0.29) is 11.0 Å². The van der Waals surface area contributed by atoms with Crippen molar-refractivity contribution in [2.75, 3.05) is 19.5 Å². The molecule has 0 saturated heterocycles. The molecule has 0 radical (unpaired) electrons. The van der Waals surface area contributed by atoms with Crippen LogP contribution in [0.5, 0.6) is 11.5 Å². The standard InChI is InChI=1S/C16H16N2O3S/c1-20-13-8-12(9-14(10-13)21-2)17-16(22)18-15(19)11-6-4-3-5-7-11/h3-10H,1-2H3,(H2,17,18,19,22). The molecule has 0 heterocycles. The third-order valence-electron chi connectivity index (χ3n) is 2.87. The maximum absolute atomic E-state index is 12.0. The Morgan fingerprint density at radius 1 is 1.00 bits per heavy atom. The molecule has 22 heavy (non-hydrogen) atoms. The van der Waals surface area contributed by atoms with Gasteiger partial charge >= 0.3 is 0 Å². The zero-order valence-corrected chi connectivity index (χ0v) is 13.1. The number of benzene rings is 2. The minimum atomic E-state index is -0.270. The second-order valence-corrected chi connectivity index (χ2v) is 4.78. The van der Waals surface area contributed by atoms with Gasteiger partial charge in [-0.1, -0.05) is 18.2 Å². The number of ether oxygens (including phenoxy) is 2. The summed E-state index contributed by atoms with van der Waals surface area (Å²) in [4.78, 5) is 12.0. The van der Waals surface area contributed by atoms with Crippen LogP contribution >= 0.6 is 12.2 Å². The summed E-state index contributed by atoms with van der Waals surface area (Å²) in [6.45, 7) is 0. The normalized spacial score (nSPS) is 9.73. The molecule has 1 amide bonds. The summed E-state index contributed by atoms with van der Waals surface area (Å²) in [5.74, 6) is 0.978. The SMILES string of the molecule is COc1cc(NC(=S)NC(=O)c2ccccc2)cc(OC)c1. The van der Waals surface area contributed by atoms with Crippen LogP contribution in [0.2, 0.25) is 0 Å². The van der Waals surface area contributed by atoms with Crippen LogP contribution in [0.1, 0.15) is 10.4 Å². The number of methoxy groups -OCH3 is 2. The van der Waals surface area contributed by atoms with E-state index in [0.717, 1.165) is 0 Å². The van der Waals surface area contributed by atoms with Crippen LogP contribution in [0.3, 0.4) is 0 Å². The number of rotatable bonds is 4. The van der Waals surface area contributed by atoms with Crippen LogP contribution in [-0.2, 0) is 0 Å². The summed E-state index contributed by atoms with van der Waals surface area (Å²) in [5.41, 5.74) is 1.20. The Morgan fingerprint density at radius 2 is 1.59 bits per heavy atom. The molecule has 0 saturated carbocycles. The van der Waals surface area contributed by atoms with Crippen molar-refractivity contribution in [2.24, 2.45) is 0 Å². The van der Waals surface area contributed by atoms with Gasteiger partial charge < -0.3 is 14.8 Å². The second kappa shape index (κ2) is 7.42. The lowest BCUT2D eigenvalue weighted by Crippen LogP contribution is -2.34. The largest absolute Gasteiger partial charge is 0.497 e. The topological polar surface area (TPSA) is 59.6 Å². The van der Waals surface area contributed by atoms with E-state index >= 15 is 0 Å². The molecule has 0 aliphatic rings. The summed E-state index contributed by atoms with van der Waals surface area (Å²) in [7, 11) is 3.13. The fraction of sp³-hybridized carbons (Fsp3) is 0.125. The smallest absolute Gasteiger partial charge is 0.257 e. The first-order chi connectivity index (χ1) is 10.6. The first-order valence-electron chi connectivity index (χ1n) is 6.53. The van der Waals surface area contributed by atoms with E-state index in [2.05, 4.69) is 10.6 Å². The molecule has 0 bridgehead atoms. The van der Waals surface area contributed by atoms with Crippen molar-refractivity contribution in [3.8, 4) is 11.5 Å². The predicted molar refractivity (Wildman–Crippen MR) is 89.7 cm³/mol. The molecule has 0 unspecified atom stereocenters. The fourth-order valence-electron chi connectivity index (χ4n) is 1.81. The predicted octanol–water partition coefficient (Wildman–Crippen LogP) is 2.83. The minimum Gasteiger partial charge on any atom is -0.497 e. The van der Waals surface area contributed by atoms with Crippen LogP contribution < -0.4 is 20.1 Å². The lowest BCUT2D eigenvalue weighted by Gasteiger charge is -2.12. The lowest BCUT2D eigenvalue weighted by molar-refractivity contribution is 0.0977. The average Bonchev–Trinajstić information content (AvgIpc) is 2.55. The van der Waals surface area contributed by atoms with Gasteiger partial charge in [0.15, 0.2) is 5.11 Å². The number of thiocarbonyl (C=S) groups is 1. The molecule has 6 heteroatoms. The van der Waals surface area contributed by atoms with Gasteiger partial charge in [-0.25, -0.2) is 0 Å². The van der Waals surface area contributed by atoms with Crippen molar-refractivity contribution < 1.29 is 14.3 Å². The first-order valence-corrected chi connectivity index (χ1v) is 6.93. The van der Waals surface area contributed by atoms with Crippen LogP contribution in [0, 0.1) is 0 Å². The van der Waals surface area contributed by atoms with Crippen molar-refractivity contribution in [3.63, 3.8) is 0 Å². The van der Waals surface area contributed by atoms with Gasteiger partial charge in [0.05, 0.1) is 14.2 Å². The molecule has 0 aliphatic carbocycles. The van der Waals surface area contributed by atoms with Crippen molar-refractivity contribution >= 4 is 28.9 Å². The molecule has 114 valence electrons. The summed E-state index contributed by atoms with van der Waals surface area (Å²) in [6, 6.07) is 14.1. The highest BCUT2D eigenvalue weighted by atomic mass is 32.1. The van der Waals surface area contributed by atoms with E-state index in [1.54, 1.807) is 56.7 Å². The molecule has 2 aromatic carbocycles. The zero-order valence-electron chi connectivity index (χ0n) is 12.3. The molecule has 0 atom stereocenters. The molecule has 2 rings (SSSR count). The second-order valence-electron chi connectivity index (χ2n) is 4.38. The Balaban J connectivity index is 2.04. The number of anilines is 1. The van der Waals surface area contributed by atoms with Gasteiger partial charge in [0.25, 0.3) is 5.91 Å². The van der Waals surface area contributed by atoms with Gasteiger partial charge in [-0.05, 0) is 24.4 Å². The molecule has 0 aliphatic heterocycles. The van der Waals surface area contributed by atoms with Crippen LogP contribution in [0.15, 0.2) is 48.5 Å². The van der Waals surface area contributed by atoms with E-state index in [1.165, 1.54) is 0 Å². The van der Waals surface area contributed by atoms with E-state index < -0.39 is 0 Å². The highest BCUT2D eigenvalue weighted by molar-refractivity contribution is 7.80. The van der Waals surface area contributed by atoms with Gasteiger partial charge in [-0.2, -0.15) is 0 Å². The van der Waals surface area contributed by atoms with Crippen LogP contribution in [-0.4, -0.2) is 25.2 Å². The lowest BCUT2D eigenvalue weighted by atomic mass is 10.2. The van der Waals surface area contributed by atoms with Gasteiger partial charge in [-0.15, -0.1) is 0 Å². The Morgan fingerprint density at radius 3 is 2.14 bits per heavy atom. The minimum absolute atomic E-state index is 0.198. The van der Waals surface area contributed by atoms with E-state index in [4.69, 9.17) is 21.7 Å². The Bertz CT molecular complexity index is 652. The molecule has 2 aromatic rings. The summed E-state index contributed by atoms with van der Waals surface area (Å²) < 4.78 is 10.4. The maximum atomic E-state index is 12.0. The Hall–Kier alpha value is -2.60. The quantitative estimate of drug-likeness (QED) is 0.850. The summed E-state index contributed by atoms with van der Waals surface area (Å²) >= 11 is 5.15. The van der Waals surface area contributed by atoms with Crippen molar-refractivity contribution in [1.29, 1.82) is 0 Å². The molecule has 5 nitrogen and oxygen atoms in total. The molecular weight excluding hydrogens is 300 g/mol. The average molecular weight is 316 g/mol. The number of hydrogen-bond donors (Lipinski definition) is 2. The number of carbonyl (C=O) groups excluding carboxylic acids is 1. The maximum Gasteiger partial charge on any atom is 0.257 e. The number of hydrogen-bond acceptors (Lipinski definition) is 4. The monoisotopic (exact) mass is 316 g/mol. The van der Waals surface area contributed by atoms with Crippen molar-refractivity contribution in [2.45, 2.75) is 0 Å². The highest BCUT2D eigenvalue weighted by Crippen LogP contribution is 2.25. The van der Waals surface area contributed by atoms with Crippen molar-refractivity contribution in [3.05, 3.63) is 54.1 Å². The highest BCUT2D eigenvalue weighted by Gasteiger charge is 2.08. The van der Waals surface area contributed by atoms with Gasteiger partial charge in [-0.3, -0.25) is 10.1 Å². The summed E-state index contributed by atoms with van der Waals surface area (Å²) in [6.07, 6.45) is 0. The van der Waals surface area contributed by atoms with E-state index in [0.29, 0.717) is 22.7 Å². The first kappa shape index (κ1) is 15.8. The van der Waals surface area contributed by atoms with E-state index in [9.17, 15) is 4.79 Å². The number of nitrogens with one attached hydrogen (secondary N) is 2. The molecule has 2 N–H and O–H groups in total. The van der Waals surface area contributed by atoms with Crippen molar-refractivity contribution in [1.82, 2.24) is 5.32 Å². The molecule has 0 fully saturated rings. The third-order valence-corrected chi connectivity index (χ3v) is 3.08. The van der Waals surface area contributed by atoms with Gasteiger partial charge in [0.2, 0.25) is 0 Å². The molecular formula is C16H16N2O3S.